The first kappa shape index (κ1) is 21.6. The summed E-state index contributed by atoms with van der Waals surface area (Å²) >= 11 is 0. The number of benzene rings is 3. The number of hydrogen-bond donors (Lipinski definition) is 1. The Morgan fingerprint density at radius 2 is 1.74 bits per heavy atom. The van der Waals surface area contributed by atoms with Gasteiger partial charge in [-0.2, -0.15) is 0 Å². The summed E-state index contributed by atoms with van der Waals surface area (Å²) in [6.07, 6.45) is 1.12. The molecule has 2 atom stereocenters. The van der Waals surface area contributed by atoms with Gasteiger partial charge in [-0.25, -0.2) is 0 Å². The number of hydrogen-bond acceptors (Lipinski definition) is 6. The second-order valence-corrected chi connectivity index (χ2v) is 9.06. The van der Waals surface area contributed by atoms with Gasteiger partial charge in [-0.05, 0) is 42.0 Å². The van der Waals surface area contributed by atoms with E-state index in [1.54, 1.807) is 19.2 Å². The number of para-hydroxylation sites is 2. The SMILES string of the molecule is COc1ccc(C2Cc3oc4ccccc4c(=O)c3C3CC(c4ccccc4O)=NCCN23)cc1. The van der Waals surface area contributed by atoms with Gasteiger partial charge in [-0.3, -0.25) is 14.7 Å². The fourth-order valence-corrected chi connectivity index (χ4v) is 5.49. The Bertz CT molecular complexity index is 1490. The Kier molecular flexibility index (Phi) is 5.38. The standard InChI is InChI=1S/C29H26N2O4/c1-34-19-12-10-18(11-13-19)23-17-27-28(29(33)21-7-3-5-9-26(21)35-27)24-16-22(30-14-15-31(23)24)20-6-2-4-8-25(20)32/h2-13,23-24,32H,14-17H2,1H3. The number of phenols is 1. The second-order valence-electron chi connectivity index (χ2n) is 9.06. The van der Waals surface area contributed by atoms with Crippen LogP contribution in [-0.2, 0) is 6.42 Å². The van der Waals surface area contributed by atoms with Gasteiger partial charge in [0.1, 0.15) is 22.8 Å². The number of aromatic hydroxyl groups is 1. The molecule has 1 aromatic heterocycles. The third kappa shape index (κ3) is 3.70. The van der Waals surface area contributed by atoms with Crippen LogP contribution >= 0.6 is 0 Å². The molecule has 2 unspecified atom stereocenters. The summed E-state index contributed by atoms with van der Waals surface area (Å²) in [6, 6.07) is 22.6. The summed E-state index contributed by atoms with van der Waals surface area (Å²) in [5, 5.41) is 11.1. The molecule has 0 fully saturated rings. The molecule has 0 amide bonds. The summed E-state index contributed by atoms with van der Waals surface area (Å²) in [7, 11) is 1.66. The third-order valence-corrected chi connectivity index (χ3v) is 7.19. The molecule has 0 spiro atoms. The molecule has 4 aromatic rings. The Hall–Kier alpha value is -3.90. The summed E-state index contributed by atoms with van der Waals surface area (Å²) in [5.74, 6) is 1.74. The summed E-state index contributed by atoms with van der Waals surface area (Å²) < 4.78 is 11.7. The number of aliphatic imine (C=N–C) groups is 1. The molecule has 0 radical (unpaired) electrons. The Labute approximate surface area is 203 Å². The zero-order chi connectivity index (χ0) is 23.9. The highest BCUT2D eigenvalue weighted by molar-refractivity contribution is 6.03. The zero-order valence-electron chi connectivity index (χ0n) is 19.5. The first-order valence-electron chi connectivity index (χ1n) is 11.9. The predicted molar refractivity (Wildman–Crippen MR) is 135 cm³/mol. The van der Waals surface area contributed by atoms with Crippen LogP contribution in [0.5, 0.6) is 11.5 Å². The van der Waals surface area contributed by atoms with Crippen molar-refractivity contribution in [3.05, 3.63) is 105 Å². The van der Waals surface area contributed by atoms with Crippen LogP contribution in [0.4, 0.5) is 0 Å². The van der Waals surface area contributed by atoms with Crippen LogP contribution in [0.2, 0.25) is 0 Å². The Balaban J connectivity index is 1.51. The van der Waals surface area contributed by atoms with E-state index in [2.05, 4.69) is 17.0 Å². The number of methoxy groups -OCH3 is 1. The van der Waals surface area contributed by atoms with Gasteiger partial charge in [0.25, 0.3) is 0 Å². The monoisotopic (exact) mass is 466 g/mol. The van der Waals surface area contributed by atoms with Crippen molar-refractivity contribution >= 4 is 16.7 Å². The molecule has 6 rings (SSSR count). The average Bonchev–Trinajstić information content (AvgIpc) is 3.11. The molecule has 35 heavy (non-hydrogen) atoms. The number of fused-ring (bicyclic) bond motifs is 4. The van der Waals surface area contributed by atoms with E-state index in [1.165, 1.54) is 0 Å². The quantitative estimate of drug-likeness (QED) is 0.458. The maximum absolute atomic E-state index is 13.8. The molecule has 6 nitrogen and oxygen atoms in total. The highest BCUT2D eigenvalue weighted by Crippen LogP contribution is 2.43. The molecular weight excluding hydrogens is 440 g/mol. The maximum atomic E-state index is 13.8. The lowest BCUT2D eigenvalue weighted by Crippen LogP contribution is -2.42. The highest BCUT2D eigenvalue weighted by Gasteiger charge is 2.40. The lowest BCUT2D eigenvalue weighted by molar-refractivity contribution is 0.117. The topological polar surface area (TPSA) is 75.3 Å². The molecule has 3 heterocycles. The van der Waals surface area contributed by atoms with Crippen LogP contribution in [0, 0.1) is 0 Å². The molecule has 0 saturated carbocycles. The first-order valence-corrected chi connectivity index (χ1v) is 11.9. The van der Waals surface area contributed by atoms with E-state index in [-0.39, 0.29) is 23.3 Å². The number of rotatable bonds is 3. The molecule has 2 aliphatic rings. The van der Waals surface area contributed by atoms with Crippen molar-refractivity contribution in [3.8, 4) is 11.5 Å². The molecule has 0 aliphatic carbocycles. The lowest BCUT2D eigenvalue weighted by Gasteiger charge is -2.41. The van der Waals surface area contributed by atoms with E-state index in [0.717, 1.165) is 22.8 Å². The van der Waals surface area contributed by atoms with Gasteiger partial charge in [0.05, 0.1) is 24.6 Å². The van der Waals surface area contributed by atoms with Crippen LogP contribution in [-0.4, -0.2) is 35.9 Å². The first-order chi connectivity index (χ1) is 17.1. The lowest BCUT2D eigenvalue weighted by atomic mass is 9.85. The average molecular weight is 467 g/mol. The minimum atomic E-state index is -0.215. The van der Waals surface area contributed by atoms with E-state index in [9.17, 15) is 9.90 Å². The van der Waals surface area contributed by atoms with Crippen molar-refractivity contribution in [2.24, 2.45) is 4.99 Å². The van der Waals surface area contributed by atoms with E-state index >= 15 is 0 Å². The van der Waals surface area contributed by atoms with E-state index in [1.807, 2.05) is 48.5 Å². The number of nitrogens with zero attached hydrogens (tertiary/aromatic N) is 2. The number of ether oxygens (including phenoxy) is 1. The molecule has 1 N–H and O–H groups in total. The molecule has 6 heteroatoms. The third-order valence-electron chi connectivity index (χ3n) is 7.19. The van der Waals surface area contributed by atoms with Crippen molar-refractivity contribution in [1.29, 1.82) is 0 Å². The van der Waals surface area contributed by atoms with Crippen LogP contribution in [0.1, 0.15) is 41.0 Å². The van der Waals surface area contributed by atoms with E-state index < -0.39 is 0 Å². The van der Waals surface area contributed by atoms with Gasteiger partial charge in [0.15, 0.2) is 5.43 Å². The van der Waals surface area contributed by atoms with Gasteiger partial charge in [0, 0.05) is 42.7 Å². The minimum absolute atomic E-state index is 0.0172. The fraction of sp³-hybridized carbons (Fsp3) is 0.241. The normalized spacial score (nSPS) is 20.0. The van der Waals surface area contributed by atoms with Gasteiger partial charge in [-0.1, -0.05) is 36.4 Å². The minimum Gasteiger partial charge on any atom is -0.507 e. The van der Waals surface area contributed by atoms with Gasteiger partial charge in [0.2, 0.25) is 0 Å². The Morgan fingerprint density at radius 3 is 2.54 bits per heavy atom. The van der Waals surface area contributed by atoms with E-state index in [4.69, 9.17) is 14.1 Å². The van der Waals surface area contributed by atoms with Crippen molar-refractivity contribution < 1.29 is 14.3 Å². The molecule has 176 valence electrons. The Morgan fingerprint density at radius 1 is 0.971 bits per heavy atom. The number of phenolic OH excluding ortho intramolecular Hbond substituents is 1. The molecule has 0 saturated heterocycles. The summed E-state index contributed by atoms with van der Waals surface area (Å²) in [4.78, 5) is 21.0. The molecule has 2 aliphatic heterocycles. The van der Waals surface area contributed by atoms with Crippen LogP contribution in [0.15, 0.2) is 87.0 Å². The van der Waals surface area contributed by atoms with Crippen molar-refractivity contribution in [3.63, 3.8) is 0 Å². The predicted octanol–water partition coefficient (Wildman–Crippen LogP) is 5.04. The van der Waals surface area contributed by atoms with Gasteiger partial charge >= 0.3 is 0 Å². The summed E-state index contributed by atoms with van der Waals surface area (Å²) in [6.45, 7) is 1.28. The zero-order valence-corrected chi connectivity index (χ0v) is 19.5. The maximum Gasteiger partial charge on any atom is 0.197 e. The fourth-order valence-electron chi connectivity index (χ4n) is 5.49. The summed E-state index contributed by atoms with van der Waals surface area (Å²) in [5.41, 5.74) is 4.00. The van der Waals surface area contributed by atoms with Crippen molar-refractivity contribution in [2.45, 2.75) is 24.9 Å². The molecular formula is C29H26N2O4. The van der Waals surface area contributed by atoms with E-state index in [0.29, 0.717) is 48.0 Å². The van der Waals surface area contributed by atoms with Gasteiger partial charge < -0.3 is 14.3 Å². The van der Waals surface area contributed by atoms with Crippen LogP contribution in [0.3, 0.4) is 0 Å². The van der Waals surface area contributed by atoms with Crippen molar-refractivity contribution in [2.75, 3.05) is 20.2 Å². The van der Waals surface area contributed by atoms with Crippen LogP contribution < -0.4 is 10.2 Å². The van der Waals surface area contributed by atoms with Crippen LogP contribution in [0.25, 0.3) is 11.0 Å². The molecule has 0 bridgehead atoms. The van der Waals surface area contributed by atoms with Crippen molar-refractivity contribution in [1.82, 2.24) is 4.90 Å². The van der Waals surface area contributed by atoms with Gasteiger partial charge in [-0.15, -0.1) is 0 Å². The largest absolute Gasteiger partial charge is 0.507 e. The molecule has 3 aromatic carbocycles. The smallest absolute Gasteiger partial charge is 0.197 e. The highest BCUT2D eigenvalue weighted by atomic mass is 16.5. The second kappa shape index (κ2) is 8.71.